The molecule has 0 radical (unpaired) electrons. The molecule has 23 heavy (non-hydrogen) atoms. The maximum absolute atomic E-state index is 13.5. The minimum Gasteiger partial charge on any atom is -0.421 e. The van der Waals surface area contributed by atoms with Gasteiger partial charge in [-0.05, 0) is 6.08 Å². The summed E-state index contributed by atoms with van der Waals surface area (Å²) in [7, 11) is 0. The van der Waals surface area contributed by atoms with Crippen LogP contribution in [0.5, 0.6) is 0 Å². The van der Waals surface area contributed by atoms with Gasteiger partial charge in [-0.3, -0.25) is 10.1 Å². The van der Waals surface area contributed by atoms with Crippen LogP contribution in [0.25, 0.3) is 0 Å². The third kappa shape index (κ3) is 2.93. The molecular weight excluding hydrogens is 360 g/mol. The number of allylic oxidation sites excluding steroid dienone is 1. The fraction of sp³-hybridized carbons (Fsp3) is 0.556. The van der Waals surface area contributed by atoms with Gasteiger partial charge < -0.3 is 4.74 Å². The second kappa shape index (κ2) is 5.26. The number of ether oxygens (including phenoxy) is 1. The van der Waals surface area contributed by atoms with Gasteiger partial charge in [0.05, 0.1) is 11.3 Å². The molecule has 4 nitrogen and oxygen atoms in total. The Morgan fingerprint density at radius 1 is 1.13 bits per heavy atom. The molecule has 0 aliphatic heterocycles. The maximum Gasteiger partial charge on any atom is 0.474 e. The molecule has 1 unspecified atom stereocenters. The lowest BCUT2D eigenvalue weighted by molar-refractivity contribution is -0.596. The molecule has 0 amide bonds. The van der Waals surface area contributed by atoms with E-state index in [0.29, 0.717) is 0 Å². The van der Waals surface area contributed by atoms with Crippen molar-refractivity contribution in [3.05, 3.63) is 33.6 Å². The molecule has 1 atom stereocenters. The van der Waals surface area contributed by atoms with Gasteiger partial charge in [0.1, 0.15) is 0 Å². The fourth-order valence-corrected chi connectivity index (χ4v) is 1.29. The second-order valence-corrected chi connectivity index (χ2v) is 4.11. The van der Waals surface area contributed by atoms with Crippen LogP contribution >= 0.6 is 0 Å². The molecule has 0 heterocycles. The van der Waals surface area contributed by atoms with E-state index < -0.39 is 52.8 Å². The molecule has 0 aromatic rings. The summed E-state index contributed by atoms with van der Waals surface area (Å²) in [6.07, 6.45) is -15.3. The molecule has 0 aromatic heterocycles. The molecule has 0 fully saturated rings. The Hall–Kier alpha value is -2.02. The summed E-state index contributed by atoms with van der Waals surface area (Å²) >= 11 is 0. The summed E-state index contributed by atoms with van der Waals surface area (Å²) in [5, 5.41) is 10.3. The van der Waals surface area contributed by atoms with Crippen molar-refractivity contribution in [1.29, 1.82) is 0 Å². The van der Waals surface area contributed by atoms with Gasteiger partial charge in [0.15, 0.2) is 5.83 Å². The lowest BCUT2D eigenvalue weighted by Crippen LogP contribution is -2.53. The van der Waals surface area contributed by atoms with E-state index in [4.69, 9.17) is 0 Å². The minimum absolute atomic E-state index is 0.219. The topological polar surface area (TPSA) is 52.4 Å². The van der Waals surface area contributed by atoms with Crippen LogP contribution in [0.4, 0.5) is 43.9 Å². The van der Waals surface area contributed by atoms with Gasteiger partial charge in [-0.25, -0.2) is 4.39 Å². The standard InChI is InChI=1S/C9H3F10NO3/c10-3-1-2-6(12,20(21)22)5(11)4(3)23-9(18,19)7(13,14)8(15,16)17/h1H,2H2. The van der Waals surface area contributed by atoms with Gasteiger partial charge in [0.25, 0.3) is 5.83 Å². The van der Waals surface area contributed by atoms with E-state index in [1.54, 1.807) is 0 Å². The molecule has 0 aromatic carbocycles. The highest BCUT2D eigenvalue weighted by atomic mass is 19.4. The van der Waals surface area contributed by atoms with Crippen molar-refractivity contribution >= 4 is 0 Å². The van der Waals surface area contributed by atoms with Gasteiger partial charge in [-0.15, -0.1) is 0 Å². The van der Waals surface area contributed by atoms with Crippen molar-refractivity contribution < 1.29 is 53.6 Å². The van der Waals surface area contributed by atoms with Crippen LogP contribution in [0.15, 0.2) is 23.5 Å². The van der Waals surface area contributed by atoms with Crippen LogP contribution in [-0.4, -0.2) is 28.9 Å². The SMILES string of the molecule is O=[N+]([O-])C1(F)CC=C(F)C(OC(F)(F)C(F)(F)C(F)(F)F)=C1F. The molecule has 14 heteroatoms. The number of hydrogen-bond acceptors (Lipinski definition) is 3. The number of rotatable bonds is 4. The molecule has 0 spiro atoms. The normalized spacial score (nSPS) is 23.7. The molecular formula is C9H3F10NO3. The first-order valence-electron chi connectivity index (χ1n) is 5.19. The van der Waals surface area contributed by atoms with Gasteiger partial charge in [-0.1, -0.05) is 0 Å². The van der Waals surface area contributed by atoms with Crippen LogP contribution in [0.3, 0.4) is 0 Å². The highest BCUT2D eigenvalue weighted by molar-refractivity contribution is 5.31. The molecule has 0 saturated heterocycles. The van der Waals surface area contributed by atoms with Crippen LogP contribution < -0.4 is 0 Å². The van der Waals surface area contributed by atoms with Crippen LogP contribution in [0.1, 0.15) is 6.42 Å². The van der Waals surface area contributed by atoms with Crippen molar-refractivity contribution in [2.24, 2.45) is 0 Å². The lowest BCUT2D eigenvalue weighted by Gasteiger charge is -2.29. The number of alkyl halides is 8. The molecule has 0 saturated carbocycles. The van der Waals surface area contributed by atoms with E-state index in [9.17, 15) is 54.0 Å². The van der Waals surface area contributed by atoms with Crippen molar-refractivity contribution in [3.8, 4) is 0 Å². The second-order valence-electron chi connectivity index (χ2n) is 4.11. The first-order chi connectivity index (χ1) is 10.1. The quantitative estimate of drug-likeness (QED) is 0.326. The number of nitro groups is 1. The van der Waals surface area contributed by atoms with Crippen LogP contribution in [0.2, 0.25) is 0 Å². The van der Waals surface area contributed by atoms with Gasteiger partial charge in [0.2, 0.25) is 5.76 Å². The van der Waals surface area contributed by atoms with E-state index in [-0.39, 0.29) is 6.08 Å². The van der Waals surface area contributed by atoms with E-state index in [1.807, 2.05) is 0 Å². The number of halogens is 10. The molecule has 132 valence electrons. The van der Waals surface area contributed by atoms with Crippen molar-refractivity contribution in [1.82, 2.24) is 0 Å². The van der Waals surface area contributed by atoms with Crippen molar-refractivity contribution in [2.75, 3.05) is 0 Å². The lowest BCUT2D eigenvalue weighted by atomic mass is 10.0. The van der Waals surface area contributed by atoms with Gasteiger partial charge in [-0.2, -0.15) is 39.5 Å². The predicted molar refractivity (Wildman–Crippen MR) is 49.8 cm³/mol. The third-order valence-electron chi connectivity index (χ3n) is 2.55. The molecule has 1 rings (SSSR count). The van der Waals surface area contributed by atoms with E-state index >= 15 is 0 Å². The average molecular weight is 363 g/mol. The maximum atomic E-state index is 13.5. The smallest absolute Gasteiger partial charge is 0.421 e. The summed E-state index contributed by atoms with van der Waals surface area (Å²) in [5.41, 5.74) is 0. The average Bonchev–Trinajstić information content (AvgIpc) is 2.37. The van der Waals surface area contributed by atoms with Crippen molar-refractivity contribution in [2.45, 2.75) is 30.4 Å². The summed E-state index contributed by atoms with van der Waals surface area (Å²) in [6, 6.07) is 0. The van der Waals surface area contributed by atoms with Crippen molar-refractivity contribution in [3.63, 3.8) is 0 Å². The van der Waals surface area contributed by atoms with Crippen LogP contribution in [-0.2, 0) is 4.74 Å². The van der Waals surface area contributed by atoms with E-state index in [0.717, 1.165) is 0 Å². The summed E-state index contributed by atoms with van der Waals surface area (Å²) < 4.78 is 129. The zero-order chi connectivity index (χ0) is 18.4. The van der Waals surface area contributed by atoms with E-state index in [1.165, 1.54) is 0 Å². The zero-order valence-corrected chi connectivity index (χ0v) is 10.2. The summed E-state index contributed by atoms with van der Waals surface area (Å²) in [4.78, 5) is 8.23. The highest BCUT2D eigenvalue weighted by Gasteiger charge is 2.76. The fourth-order valence-electron chi connectivity index (χ4n) is 1.29. The Balaban J connectivity index is 3.34. The number of hydrogen-bond donors (Lipinski definition) is 0. The Kier molecular flexibility index (Phi) is 4.35. The predicted octanol–water partition coefficient (Wildman–Crippen LogP) is 4.17. The monoisotopic (exact) mass is 363 g/mol. The molecule has 0 bridgehead atoms. The minimum atomic E-state index is -6.92. The summed E-state index contributed by atoms with van der Waals surface area (Å²) in [5.74, 6) is -19.4. The van der Waals surface area contributed by atoms with Gasteiger partial charge >= 0.3 is 24.0 Å². The van der Waals surface area contributed by atoms with E-state index in [2.05, 4.69) is 4.74 Å². The Labute approximate surface area is 119 Å². The third-order valence-corrected chi connectivity index (χ3v) is 2.55. The summed E-state index contributed by atoms with van der Waals surface area (Å²) in [6.45, 7) is 0. The molecule has 1 aliphatic rings. The largest absolute Gasteiger partial charge is 0.474 e. The highest BCUT2D eigenvalue weighted by Crippen LogP contribution is 2.50. The Bertz CT molecular complexity index is 581. The Morgan fingerprint density at radius 2 is 1.61 bits per heavy atom. The Morgan fingerprint density at radius 3 is 2.00 bits per heavy atom. The molecule has 1 aliphatic carbocycles. The first-order valence-corrected chi connectivity index (χ1v) is 5.19. The zero-order valence-electron chi connectivity index (χ0n) is 10.2. The number of nitrogens with zero attached hydrogens (tertiary/aromatic N) is 1. The molecule has 0 N–H and O–H groups in total. The first kappa shape index (κ1) is 19.0. The van der Waals surface area contributed by atoms with Gasteiger partial charge in [0, 0.05) is 0 Å². The van der Waals surface area contributed by atoms with Crippen LogP contribution in [0, 0.1) is 10.1 Å².